The second kappa shape index (κ2) is 6.68. The Balaban J connectivity index is 2.26. The summed E-state index contributed by atoms with van der Waals surface area (Å²) in [4.78, 5) is 16.4. The normalized spacial score (nSPS) is 10.5. The van der Waals surface area contributed by atoms with Crippen molar-refractivity contribution in [1.82, 2.24) is 4.98 Å². The smallest absolute Gasteiger partial charge is 0.255 e. The fourth-order valence-corrected chi connectivity index (χ4v) is 2.23. The maximum absolute atomic E-state index is 13.5. The van der Waals surface area contributed by atoms with Gasteiger partial charge in [-0.05, 0) is 37.6 Å². The average molecular weight is 307 g/mol. The topological polar surface area (TPSA) is 42.0 Å². The monoisotopic (exact) mass is 306 g/mol. The molecule has 1 heterocycles. The Kier molecular flexibility index (Phi) is 4.91. The van der Waals surface area contributed by atoms with Gasteiger partial charge < -0.3 is 5.32 Å². The van der Waals surface area contributed by atoms with Gasteiger partial charge in [-0.15, -0.1) is 0 Å². The van der Waals surface area contributed by atoms with Crippen LogP contribution >= 0.6 is 11.6 Å². The number of anilines is 1. The standard InChI is InChI=1S/C16H16ClFN2O/c1-3-5-12-8-11(9-15(17)19-12)16(21)20-14-7-4-6-13(18)10(14)2/h4,6-9H,3,5H2,1-2H3,(H,20,21). The lowest BCUT2D eigenvalue weighted by molar-refractivity contribution is 0.102. The molecule has 1 aromatic carbocycles. The zero-order valence-corrected chi connectivity index (χ0v) is 12.7. The summed E-state index contributed by atoms with van der Waals surface area (Å²) in [7, 11) is 0. The number of carbonyl (C=O) groups is 1. The fourth-order valence-electron chi connectivity index (χ4n) is 2.00. The number of hydrogen-bond acceptors (Lipinski definition) is 2. The second-order valence-corrected chi connectivity index (χ2v) is 5.17. The maximum atomic E-state index is 13.5. The first-order valence-corrected chi connectivity index (χ1v) is 7.12. The molecule has 1 amide bonds. The lowest BCUT2D eigenvalue weighted by Gasteiger charge is -2.10. The summed E-state index contributed by atoms with van der Waals surface area (Å²) in [6.07, 6.45) is 1.66. The molecule has 2 rings (SSSR count). The fraction of sp³-hybridized carbons (Fsp3) is 0.250. The summed E-state index contributed by atoms with van der Waals surface area (Å²) in [5.41, 5.74) is 2.04. The first-order valence-electron chi connectivity index (χ1n) is 6.74. The third-order valence-corrected chi connectivity index (χ3v) is 3.32. The molecule has 0 saturated heterocycles. The first kappa shape index (κ1) is 15.4. The van der Waals surface area contributed by atoms with Crippen molar-refractivity contribution >= 4 is 23.2 Å². The second-order valence-electron chi connectivity index (χ2n) is 4.79. The van der Waals surface area contributed by atoms with Gasteiger partial charge in [0.1, 0.15) is 11.0 Å². The van der Waals surface area contributed by atoms with Crippen LogP contribution in [-0.2, 0) is 6.42 Å². The van der Waals surface area contributed by atoms with Gasteiger partial charge in [0.15, 0.2) is 0 Å². The molecule has 5 heteroatoms. The molecular weight excluding hydrogens is 291 g/mol. The van der Waals surface area contributed by atoms with Gasteiger partial charge in [-0.1, -0.05) is 31.0 Å². The van der Waals surface area contributed by atoms with Crippen LogP contribution in [0.1, 0.15) is 35.0 Å². The van der Waals surface area contributed by atoms with Gasteiger partial charge in [0.05, 0.1) is 0 Å². The Bertz CT molecular complexity index is 673. The molecule has 0 aliphatic heterocycles. The molecule has 0 unspecified atom stereocenters. The lowest BCUT2D eigenvalue weighted by Crippen LogP contribution is -2.14. The van der Waals surface area contributed by atoms with Crippen molar-refractivity contribution in [3.63, 3.8) is 0 Å². The van der Waals surface area contributed by atoms with E-state index < -0.39 is 0 Å². The number of pyridine rings is 1. The highest BCUT2D eigenvalue weighted by Gasteiger charge is 2.12. The number of aromatic nitrogens is 1. The molecule has 2 aromatic rings. The molecule has 1 aromatic heterocycles. The summed E-state index contributed by atoms with van der Waals surface area (Å²) >= 11 is 5.94. The van der Waals surface area contributed by atoms with Crippen molar-refractivity contribution in [2.75, 3.05) is 5.32 Å². The minimum Gasteiger partial charge on any atom is -0.322 e. The minimum absolute atomic E-state index is 0.280. The molecule has 3 nitrogen and oxygen atoms in total. The number of rotatable bonds is 4. The van der Waals surface area contributed by atoms with Crippen LogP contribution in [0.25, 0.3) is 0 Å². The third-order valence-electron chi connectivity index (χ3n) is 3.13. The number of halogens is 2. The van der Waals surface area contributed by atoms with Crippen LogP contribution in [0.3, 0.4) is 0 Å². The highest BCUT2D eigenvalue weighted by atomic mass is 35.5. The van der Waals surface area contributed by atoms with Crippen LogP contribution in [0.5, 0.6) is 0 Å². The summed E-state index contributed by atoms with van der Waals surface area (Å²) in [5, 5.41) is 2.98. The van der Waals surface area contributed by atoms with Crippen LogP contribution in [0.15, 0.2) is 30.3 Å². The Labute approximate surface area is 128 Å². The number of nitrogens with one attached hydrogen (secondary N) is 1. The van der Waals surface area contributed by atoms with Crippen molar-refractivity contribution in [3.8, 4) is 0 Å². The first-order chi connectivity index (χ1) is 10.0. The van der Waals surface area contributed by atoms with Gasteiger partial charge in [-0.2, -0.15) is 0 Å². The van der Waals surface area contributed by atoms with Crippen LogP contribution in [-0.4, -0.2) is 10.9 Å². The molecule has 0 radical (unpaired) electrons. The minimum atomic E-state index is -0.354. The predicted octanol–water partition coefficient (Wildman–Crippen LogP) is 4.39. The Morgan fingerprint density at radius 2 is 2.14 bits per heavy atom. The molecule has 0 fully saturated rings. The van der Waals surface area contributed by atoms with E-state index in [0.29, 0.717) is 16.8 Å². The Hall–Kier alpha value is -1.94. The lowest BCUT2D eigenvalue weighted by atomic mass is 10.1. The highest BCUT2D eigenvalue weighted by Crippen LogP contribution is 2.19. The molecule has 0 spiro atoms. The Morgan fingerprint density at radius 1 is 1.38 bits per heavy atom. The van der Waals surface area contributed by atoms with E-state index in [2.05, 4.69) is 10.3 Å². The number of nitrogens with zero attached hydrogens (tertiary/aromatic N) is 1. The van der Waals surface area contributed by atoms with Gasteiger partial charge in [-0.3, -0.25) is 4.79 Å². The molecule has 0 saturated carbocycles. The van der Waals surface area contributed by atoms with Crippen molar-refractivity contribution in [1.29, 1.82) is 0 Å². The molecule has 0 bridgehead atoms. The molecule has 0 aliphatic rings. The van der Waals surface area contributed by atoms with Crippen LogP contribution < -0.4 is 5.32 Å². The Morgan fingerprint density at radius 3 is 2.86 bits per heavy atom. The number of aryl methyl sites for hydroxylation is 1. The van der Waals surface area contributed by atoms with E-state index in [9.17, 15) is 9.18 Å². The van der Waals surface area contributed by atoms with Crippen molar-refractivity contribution in [3.05, 3.63) is 58.1 Å². The van der Waals surface area contributed by atoms with E-state index >= 15 is 0 Å². The molecular formula is C16H16ClFN2O. The van der Waals surface area contributed by atoms with Crippen molar-refractivity contribution in [2.24, 2.45) is 0 Å². The van der Waals surface area contributed by atoms with Crippen LogP contribution in [0.2, 0.25) is 5.15 Å². The zero-order chi connectivity index (χ0) is 15.4. The number of carbonyl (C=O) groups excluding carboxylic acids is 1. The quantitative estimate of drug-likeness (QED) is 0.851. The van der Waals surface area contributed by atoms with E-state index in [-0.39, 0.29) is 16.9 Å². The average Bonchev–Trinajstić information content (AvgIpc) is 2.43. The predicted molar refractivity (Wildman–Crippen MR) is 82.3 cm³/mol. The summed E-state index contributed by atoms with van der Waals surface area (Å²) in [6, 6.07) is 7.78. The van der Waals surface area contributed by atoms with E-state index in [0.717, 1.165) is 18.5 Å². The molecule has 21 heavy (non-hydrogen) atoms. The molecule has 110 valence electrons. The SMILES string of the molecule is CCCc1cc(C(=O)Nc2cccc(F)c2C)cc(Cl)n1. The number of hydrogen-bond donors (Lipinski definition) is 1. The van der Waals surface area contributed by atoms with Gasteiger partial charge >= 0.3 is 0 Å². The van der Waals surface area contributed by atoms with Gasteiger partial charge in [0.25, 0.3) is 5.91 Å². The molecule has 0 aliphatic carbocycles. The van der Waals surface area contributed by atoms with E-state index in [1.54, 1.807) is 25.1 Å². The van der Waals surface area contributed by atoms with Gasteiger partial charge in [-0.25, -0.2) is 9.37 Å². The molecule has 1 N–H and O–H groups in total. The number of benzene rings is 1. The molecule has 0 atom stereocenters. The zero-order valence-electron chi connectivity index (χ0n) is 11.9. The van der Waals surface area contributed by atoms with E-state index in [1.165, 1.54) is 12.1 Å². The van der Waals surface area contributed by atoms with E-state index in [4.69, 9.17) is 11.6 Å². The van der Waals surface area contributed by atoms with Gasteiger partial charge in [0, 0.05) is 22.5 Å². The summed E-state index contributed by atoms with van der Waals surface area (Å²) in [6.45, 7) is 3.64. The van der Waals surface area contributed by atoms with Crippen LogP contribution in [0.4, 0.5) is 10.1 Å². The number of amides is 1. The van der Waals surface area contributed by atoms with Gasteiger partial charge in [0.2, 0.25) is 0 Å². The summed E-state index contributed by atoms with van der Waals surface area (Å²) < 4.78 is 13.5. The maximum Gasteiger partial charge on any atom is 0.255 e. The summed E-state index contributed by atoms with van der Waals surface area (Å²) in [5.74, 6) is -0.683. The third kappa shape index (κ3) is 3.79. The van der Waals surface area contributed by atoms with Crippen molar-refractivity contribution in [2.45, 2.75) is 26.7 Å². The van der Waals surface area contributed by atoms with Crippen LogP contribution in [0, 0.1) is 12.7 Å². The van der Waals surface area contributed by atoms with Crippen molar-refractivity contribution < 1.29 is 9.18 Å². The largest absolute Gasteiger partial charge is 0.322 e. The highest BCUT2D eigenvalue weighted by molar-refractivity contribution is 6.29. The van der Waals surface area contributed by atoms with E-state index in [1.807, 2.05) is 6.92 Å².